The minimum absolute atomic E-state index is 0.252. The number of halogens is 3. The number of nitrogens with one attached hydrogen (secondary N) is 2. The molecule has 1 atom stereocenters. The first kappa shape index (κ1) is 20.4. The Balaban J connectivity index is 1.92. The second-order valence-corrected chi connectivity index (χ2v) is 5.78. The Morgan fingerprint density at radius 2 is 1.89 bits per heavy atom. The van der Waals surface area contributed by atoms with Gasteiger partial charge in [0.25, 0.3) is 11.8 Å². The van der Waals surface area contributed by atoms with Gasteiger partial charge in [-0.15, -0.1) is 0 Å². The van der Waals surface area contributed by atoms with Crippen LogP contribution in [0, 0.1) is 0 Å². The van der Waals surface area contributed by atoms with Crippen molar-refractivity contribution >= 4 is 17.5 Å². The van der Waals surface area contributed by atoms with E-state index in [4.69, 9.17) is 0 Å². The van der Waals surface area contributed by atoms with Crippen LogP contribution in [-0.2, 0) is 4.74 Å². The Kier molecular flexibility index (Phi) is 6.89. The molecule has 1 heterocycles. The van der Waals surface area contributed by atoms with Crippen LogP contribution in [0.15, 0.2) is 48.8 Å². The molecule has 0 saturated carbocycles. The number of hydrogen-bond acceptors (Lipinski definition) is 4. The van der Waals surface area contributed by atoms with Crippen LogP contribution in [0.25, 0.3) is 0 Å². The molecule has 0 aliphatic rings. The van der Waals surface area contributed by atoms with Crippen molar-refractivity contribution in [3.8, 4) is 0 Å². The summed E-state index contributed by atoms with van der Waals surface area (Å²) in [4.78, 5) is 28.2. The summed E-state index contributed by atoms with van der Waals surface area (Å²) in [7, 11) is 0. The largest absolute Gasteiger partial charge is 0.411 e. The number of nitrogens with zero attached hydrogens (tertiary/aromatic N) is 1. The predicted octanol–water partition coefficient (Wildman–Crippen LogP) is 3.03. The quantitative estimate of drug-likeness (QED) is 0.773. The molecular weight excluding hydrogens is 363 g/mol. The minimum Gasteiger partial charge on any atom is -0.370 e. The highest BCUT2D eigenvalue weighted by Crippen LogP contribution is 2.15. The van der Waals surface area contributed by atoms with Gasteiger partial charge in [0.1, 0.15) is 6.61 Å². The number of carbonyl (C=O) groups excluding carboxylic acids is 2. The first-order chi connectivity index (χ1) is 12.7. The van der Waals surface area contributed by atoms with Crippen molar-refractivity contribution < 1.29 is 27.5 Å². The third-order valence-corrected chi connectivity index (χ3v) is 3.32. The zero-order valence-corrected chi connectivity index (χ0v) is 14.4. The van der Waals surface area contributed by atoms with Gasteiger partial charge in [-0.05, 0) is 37.3 Å². The maximum Gasteiger partial charge on any atom is 0.411 e. The van der Waals surface area contributed by atoms with Crippen LogP contribution in [0.5, 0.6) is 0 Å². The van der Waals surface area contributed by atoms with Crippen molar-refractivity contribution in [3.05, 3.63) is 59.9 Å². The summed E-state index contributed by atoms with van der Waals surface area (Å²) >= 11 is 0. The maximum absolute atomic E-state index is 12.2. The molecule has 2 amide bonds. The van der Waals surface area contributed by atoms with E-state index in [1.54, 1.807) is 30.5 Å². The zero-order valence-electron chi connectivity index (χ0n) is 14.4. The highest BCUT2D eigenvalue weighted by molar-refractivity contribution is 6.04. The highest BCUT2D eigenvalue weighted by Gasteiger charge is 2.27. The number of hydrogen-bond donors (Lipinski definition) is 2. The van der Waals surface area contributed by atoms with Gasteiger partial charge in [0.2, 0.25) is 0 Å². The Morgan fingerprint density at radius 1 is 1.15 bits per heavy atom. The molecule has 0 aliphatic carbocycles. The maximum atomic E-state index is 12.2. The fourth-order valence-electron chi connectivity index (χ4n) is 2.14. The van der Waals surface area contributed by atoms with Gasteiger partial charge in [-0.1, -0.05) is 6.07 Å². The van der Waals surface area contributed by atoms with Crippen molar-refractivity contribution in [3.63, 3.8) is 0 Å². The lowest BCUT2D eigenvalue weighted by Gasteiger charge is -2.15. The Hall–Kier alpha value is -2.94. The van der Waals surface area contributed by atoms with Crippen LogP contribution in [0.2, 0.25) is 0 Å². The summed E-state index contributed by atoms with van der Waals surface area (Å²) < 4.78 is 40.7. The van der Waals surface area contributed by atoms with Gasteiger partial charge in [0.15, 0.2) is 0 Å². The second kappa shape index (κ2) is 9.13. The molecule has 0 saturated heterocycles. The number of aromatic nitrogens is 1. The average molecular weight is 381 g/mol. The normalized spacial score (nSPS) is 12.3. The van der Waals surface area contributed by atoms with E-state index in [-0.39, 0.29) is 18.1 Å². The summed E-state index contributed by atoms with van der Waals surface area (Å²) in [6, 6.07) is 8.79. The topological polar surface area (TPSA) is 80.3 Å². The van der Waals surface area contributed by atoms with E-state index in [0.29, 0.717) is 11.3 Å². The smallest absolute Gasteiger partial charge is 0.370 e. The summed E-state index contributed by atoms with van der Waals surface area (Å²) in [6.45, 7) is -0.117. The standard InChI is InChI=1S/C18H18F3N3O3/c1-12(10-27-11-18(19,20)21)23-16(25)13-4-2-6-15(8-13)24-17(26)14-5-3-7-22-9-14/h2-9,12H,10-11H2,1H3,(H,23,25)(H,24,26). The average Bonchev–Trinajstić information content (AvgIpc) is 2.61. The number of anilines is 1. The fraction of sp³-hybridized carbons (Fsp3) is 0.278. The Bertz CT molecular complexity index is 782. The molecule has 1 aromatic carbocycles. The molecule has 0 fully saturated rings. The monoisotopic (exact) mass is 381 g/mol. The van der Waals surface area contributed by atoms with Crippen LogP contribution in [0.1, 0.15) is 27.6 Å². The summed E-state index contributed by atoms with van der Waals surface area (Å²) in [5.41, 5.74) is 1.02. The molecular formula is C18H18F3N3O3. The van der Waals surface area contributed by atoms with Crippen molar-refractivity contribution in [2.45, 2.75) is 19.1 Å². The van der Waals surface area contributed by atoms with E-state index >= 15 is 0 Å². The van der Waals surface area contributed by atoms with Crippen molar-refractivity contribution in [2.75, 3.05) is 18.5 Å². The van der Waals surface area contributed by atoms with E-state index in [2.05, 4.69) is 20.4 Å². The number of amides is 2. The van der Waals surface area contributed by atoms with Crippen molar-refractivity contribution in [1.29, 1.82) is 0 Å². The molecule has 9 heteroatoms. The highest BCUT2D eigenvalue weighted by atomic mass is 19.4. The molecule has 6 nitrogen and oxygen atoms in total. The SMILES string of the molecule is CC(COCC(F)(F)F)NC(=O)c1cccc(NC(=O)c2cccnc2)c1. The van der Waals surface area contributed by atoms with Gasteiger partial charge in [-0.25, -0.2) is 0 Å². The molecule has 27 heavy (non-hydrogen) atoms. The van der Waals surface area contributed by atoms with Gasteiger partial charge < -0.3 is 15.4 Å². The third-order valence-electron chi connectivity index (χ3n) is 3.32. The lowest BCUT2D eigenvalue weighted by atomic mass is 10.1. The van der Waals surface area contributed by atoms with Gasteiger partial charge in [-0.3, -0.25) is 14.6 Å². The lowest BCUT2D eigenvalue weighted by Crippen LogP contribution is -2.36. The van der Waals surface area contributed by atoms with Crippen LogP contribution in [0.3, 0.4) is 0 Å². The zero-order chi connectivity index (χ0) is 19.9. The minimum atomic E-state index is -4.41. The number of benzene rings is 1. The molecule has 2 rings (SSSR count). The van der Waals surface area contributed by atoms with Gasteiger partial charge in [-0.2, -0.15) is 13.2 Å². The number of alkyl halides is 3. The Morgan fingerprint density at radius 3 is 2.56 bits per heavy atom. The molecule has 144 valence electrons. The Labute approximate surface area is 153 Å². The van der Waals surface area contributed by atoms with Gasteiger partial charge in [0.05, 0.1) is 12.2 Å². The number of ether oxygens (including phenoxy) is 1. The molecule has 1 aromatic heterocycles. The van der Waals surface area contributed by atoms with E-state index < -0.39 is 24.7 Å². The van der Waals surface area contributed by atoms with Crippen molar-refractivity contribution in [2.24, 2.45) is 0 Å². The number of carbonyl (C=O) groups is 2. The van der Waals surface area contributed by atoms with Crippen LogP contribution in [-0.4, -0.2) is 42.2 Å². The van der Waals surface area contributed by atoms with E-state index in [0.717, 1.165) is 0 Å². The van der Waals surface area contributed by atoms with Crippen LogP contribution < -0.4 is 10.6 Å². The molecule has 0 radical (unpaired) electrons. The van der Waals surface area contributed by atoms with E-state index in [1.165, 1.54) is 25.3 Å². The van der Waals surface area contributed by atoms with Gasteiger partial charge in [0, 0.05) is 29.7 Å². The molecule has 2 aromatic rings. The summed E-state index contributed by atoms with van der Waals surface area (Å²) in [6.07, 6.45) is -1.46. The number of pyridine rings is 1. The van der Waals surface area contributed by atoms with Crippen LogP contribution >= 0.6 is 0 Å². The van der Waals surface area contributed by atoms with Crippen LogP contribution in [0.4, 0.5) is 18.9 Å². The van der Waals surface area contributed by atoms with E-state index in [1.807, 2.05) is 0 Å². The molecule has 0 spiro atoms. The fourth-order valence-corrected chi connectivity index (χ4v) is 2.14. The predicted molar refractivity (Wildman–Crippen MR) is 92.4 cm³/mol. The second-order valence-electron chi connectivity index (χ2n) is 5.78. The molecule has 0 aliphatic heterocycles. The van der Waals surface area contributed by atoms with E-state index in [9.17, 15) is 22.8 Å². The first-order valence-corrected chi connectivity index (χ1v) is 8.01. The third kappa shape index (κ3) is 7.06. The lowest BCUT2D eigenvalue weighted by molar-refractivity contribution is -0.174. The summed E-state index contributed by atoms with van der Waals surface area (Å²) in [5, 5.41) is 5.19. The van der Waals surface area contributed by atoms with Gasteiger partial charge >= 0.3 is 6.18 Å². The first-order valence-electron chi connectivity index (χ1n) is 8.01. The molecule has 0 bridgehead atoms. The summed E-state index contributed by atoms with van der Waals surface area (Å²) in [5.74, 6) is -0.870. The molecule has 2 N–H and O–H groups in total. The van der Waals surface area contributed by atoms with Crippen molar-refractivity contribution in [1.82, 2.24) is 10.3 Å². The number of rotatable bonds is 7. The molecule has 1 unspecified atom stereocenters.